The van der Waals surface area contributed by atoms with Crippen LogP contribution in [0.5, 0.6) is 11.5 Å². The Hall–Kier alpha value is -3.66. The van der Waals surface area contributed by atoms with Gasteiger partial charge in [0.2, 0.25) is 5.82 Å². The van der Waals surface area contributed by atoms with Gasteiger partial charge < -0.3 is 25.2 Å². The highest BCUT2D eigenvalue weighted by atomic mass is 16.5. The van der Waals surface area contributed by atoms with Crippen LogP contribution in [-0.2, 0) is 4.74 Å². The van der Waals surface area contributed by atoms with Gasteiger partial charge in [-0.05, 0) is 35.6 Å². The molecule has 10 heteroatoms. The van der Waals surface area contributed by atoms with E-state index in [9.17, 15) is 15.0 Å². The average Bonchev–Trinajstić information content (AvgIpc) is 3.28. The van der Waals surface area contributed by atoms with Crippen LogP contribution in [0.4, 0.5) is 5.82 Å². The van der Waals surface area contributed by atoms with Crippen molar-refractivity contribution < 1.29 is 19.7 Å². The highest BCUT2D eigenvalue weighted by Crippen LogP contribution is 2.38. The van der Waals surface area contributed by atoms with Gasteiger partial charge in [-0.3, -0.25) is 9.36 Å². The summed E-state index contributed by atoms with van der Waals surface area (Å²) in [5.41, 5.74) is 1.59. The first-order valence-electron chi connectivity index (χ1n) is 11.8. The van der Waals surface area contributed by atoms with Crippen molar-refractivity contribution in [1.82, 2.24) is 25.1 Å². The third kappa shape index (κ3) is 5.22. The minimum atomic E-state index is -0.378. The lowest BCUT2D eigenvalue weighted by Crippen LogP contribution is -2.36. The van der Waals surface area contributed by atoms with E-state index in [0.29, 0.717) is 36.6 Å². The molecule has 0 spiro atoms. The van der Waals surface area contributed by atoms with Crippen LogP contribution in [0.1, 0.15) is 49.8 Å². The molecule has 1 saturated heterocycles. The van der Waals surface area contributed by atoms with Crippen LogP contribution in [0.2, 0.25) is 0 Å². The van der Waals surface area contributed by atoms with Gasteiger partial charge in [0.15, 0.2) is 5.82 Å². The molecule has 3 heterocycles. The van der Waals surface area contributed by atoms with E-state index in [1.54, 1.807) is 16.8 Å². The number of nitrogens with zero attached hydrogens (tertiary/aromatic N) is 5. The molecule has 0 bridgehead atoms. The van der Waals surface area contributed by atoms with Crippen molar-refractivity contribution in [3.8, 4) is 28.6 Å². The normalized spacial score (nSPS) is 14.1. The van der Waals surface area contributed by atoms with Crippen LogP contribution in [0.3, 0.4) is 0 Å². The summed E-state index contributed by atoms with van der Waals surface area (Å²) in [4.78, 5) is 19.8. The quantitative estimate of drug-likeness (QED) is 0.471. The van der Waals surface area contributed by atoms with Crippen LogP contribution in [0.15, 0.2) is 30.5 Å². The van der Waals surface area contributed by atoms with Gasteiger partial charge in [-0.15, -0.1) is 10.2 Å². The molecule has 10 nitrogen and oxygen atoms in total. The summed E-state index contributed by atoms with van der Waals surface area (Å²) in [5, 5.41) is 32.3. The maximum absolute atomic E-state index is 13.0. The molecule has 3 aromatic rings. The molecule has 0 radical (unpaired) electrons. The number of anilines is 1. The van der Waals surface area contributed by atoms with E-state index in [2.05, 4.69) is 25.4 Å². The van der Waals surface area contributed by atoms with Crippen LogP contribution in [0, 0.1) is 5.92 Å². The number of aromatic hydroxyl groups is 2. The molecule has 35 heavy (non-hydrogen) atoms. The number of aromatic nitrogens is 4. The summed E-state index contributed by atoms with van der Waals surface area (Å²) < 4.78 is 7.01. The Bertz CT molecular complexity index is 1180. The Kier molecular flexibility index (Phi) is 7.20. The lowest BCUT2D eigenvalue weighted by Gasteiger charge is -2.27. The minimum Gasteiger partial charge on any atom is -0.508 e. The highest BCUT2D eigenvalue weighted by molar-refractivity contribution is 5.92. The molecule has 1 aromatic carbocycles. The van der Waals surface area contributed by atoms with Crippen molar-refractivity contribution in [1.29, 1.82) is 0 Å². The van der Waals surface area contributed by atoms with Crippen molar-refractivity contribution in [2.75, 3.05) is 37.7 Å². The number of morpholine rings is 1. The zero-order valence-corrected chi connectivity index (χ0v) is 20.5. The van der Waals surface area contributed by atoms with Gasteiger partial charge in [0.05, 0.1) is 30.7 Å². The summed E-state index contributed by atoms with van der Waals surface area (Å²) in [7, 11) is 0. The summed E-state index contributed by atoms with van der Waals surface area (Å²) in [6, 6.07) is 6.71. The molecule has 2 aromatic heterocycles. The van der Waals surface area contributed by atoms with Crippen LogP contribution in [-0.4, -0.2) is 68.7 Å². The lowest BCUT2D eigenvalue weighted by atomic mass is 9.98. The largest absolute Gasteiger partial charge is 0.508 e. The van der Waals surface area contributed by atoms with E-state index in [1.807, 2.05) is 39.8 Å². The van der Waals surface area contributed by atoms with E-state index in [4.69, 9.17) is 4.74 Å². The smallest absolute Gasteiger partial charge is 0.289 e. The first-order valence-corrected chi connectivity index (χ1v) is 11.8. The molecule has 0 saturated carbocycles. The zero-order chi connectivity index (χ0) is 25.1. The Morgan fingerprint density at radius 1 is 1.09 bits per heavy atom. The van der Waals surface area contributed by atoms with Crippen molar-refractivity contribution in [3.05, 3.63) is 41.9 Å². The number of benzene rings is 1. The first-order chi connectivity index (χ1) is 16.8. The van der Waals surface area contributed by atoms with Crippen LogP contribution >= 0.6 is 0 Å². The zero-order valence-electron chi connectivity index (χ0n) is 20.5. The SMILES string of the molecule is CC(C)CNC(=O)c1nnc(-c2cc(C(C)C)c(O)cc2O)n1-c1ccc(N2CCOCC2)nc1. The lowest BCUT2D eigenvalue weighted by molar-refractivity contribution is 0.0936. The second-order valence-electron chi connectivity index (χ2n) is 9.34. The number of amides is 1. The molecule has 0 atom stereocenters. The molecular weight excluding hydrogens is 448 g/mol. The van der Waals surface area contributed by atoms with Gasteiger partial charge in [-0.25, -0.2) is 4.98 Å². The van der Waals surface area contributed by atoms with Crippen molar-refractivity contribution in [2.45, 2.75) is 33.6 Å². The van der Waals surface area contributed by atoms with Gasteiger partial charge >= 0.3 is 0 Å². The second kappa shape index (κ2) is 10.3. The Morgan fingerprint density at radius 3 is 2.46 bits per heavy atom. The fraction of sp³-hybridized carbons (Fsp3) is 0.440. The number of rotatable bonds is 7. The Morgan fingerprint density at radius 2 is 1.83 bits per heavy atom. The number of phenols is 2. The predicted molar refractivity (Wildman–Crippen MR) is 132 cm³/mol. The number of carbonyl (C=O) groups is 1. The van der Waals surface area contributed by atoms with Crippen LogP contribution < -0.4 is 10.2 Å². The summed E-state index contributed by atoms with van der Waals surface area (Å²) >= 11 is 0. The molecule has 3 N–H and O–H groups in total. The fourth-order valence-electron chi connectivity index (χ4n) is 3.95. The Balaban J connectivity index is 1.80. The molecule has 4 rings (SSSR count). The monoisotopic (exact) mass is 480 g/mol. The Labute approximate surface area is 204 Å². The van der Waals surface area contributed by atoms with E-state index in [1.165, 1.54) is 6.07 Å². The third-order valence-electron chi connectivity index (χ3n) is 5.87. The maximum atomic E-state index is 13.0. The highest BCUT2D eigenvalue weighted by Gasteiger charge is 2.25. The first kappa shape index (κ1) is 24.5. The molecule has 1 amide bonds. The number of carbonyl (C=O) groups excluding carboxylic acids is 1. The molecule has 0 aliphatic carbocycles. The molecule has 186 valence electrons. The van der Waals surface area contributed by atoms with Gasteiger partial charge in [0.25, 0.3) is 5.91 Å². The van der Waals surface area contributed by atoms with Gasteiger partial charge in [0, 0.05) is 25.7 Å². The predicted octanol–water partition coefficient (Wildman–Crippen LogP) is 3.09. The molecular formula is C25H32N6O4. The molecule has 1 aliphatic heterocycles. The summed E-state index contributed by atoms with van der Waals surface area (Å²) in [6.07, 6.45) is 1.66. The van der Waals surface area contributed by atoms with Crippen LogP contribution in [0.25, 0.3) is 17.1 Å². The fourth-order valence-corrected chi connectivity index (χ4v) is 3.95. The van der Waals surface area contributed by atoms with E-state index in [0.717, 1.165) is 18.9 Å². The second-order valence-corrected chi connectivity index (χ2v) is 9.34. The van der Waals surface area contributed by atoms with Crippen molar-refractivity contribution in [3.63, 3.8) is 0 Å². The van der Waals surface area contributed by atoms with Gasteiger partial charge in [-0.2, -0.15) is 0 Å². The number of hydrogen-bond acceptors (Lipinski definition) is 8. The summed E-state index contributed by atoms with van der Waals surface area (Å²) in [6.45, 7) is 11.2. The number of phenolic OH excluding ortho intramolecular Hbond substituents is 2. The van der Waals surface area contributed by atoms with E-state index >= 15 is 0 Å². The molecule has 1 fully saturated rings. The average molecular weight is 481 g/mol. The number of ether oxygens (including phenoxy) is 1. The molecule has 1 aliphatic rings. The van der Waals surface area contributed by atoms with Crippen molar-refractivity contribution >= 4 is 11.7 Å². The number of nitrogens with one attached hydrogen (secondary N) is 1. The minimum absolute atomic E-state index is 0.00116. The third-order valence-corrected chi connectivity index (χ3v) is 5.87. The number of pyridine rings is 1. The summed E-state index contributed by atoms with van der Waals surface area (Å²) in [5.74, 6) is 0.906. The van der Waals surface area contributed by atoms with Crippen molar-refractivity contribution in [2.24, 2.45) is 5.92 Å². The standard InChI is InChI=1S/C25H32N6O4/c1-15(2)13-27-25(34)24-29-28-23(19-11-18(16(3)4)20(32)12-21(19)33)31(24)17-5-6-22(26-14-17)30-7-9-35-10-8-30/h5-6,11-12,14-16,32-33H,7-10,13H2,1-4H3,(H,27,34). The maximum Gasteiger partial charge on any atom is 0.289 e. The van der Waals surface area contributed by atoms with Gasteiger partial charge in [-0.1, -0.05) is 27.7 Å². The van der Waals surface area contributed by atoms with E-state index < -0.39 is 0 Å². The topological polar surface area (TPSA) is 126 Å². The molecule has 0 unspecified atom stereocenters. The van der Waals surface area contributed by atoms with Gasteiger partial charge in [0.1, 0.15) is 17.3 Å². The van der Waals surface area contributed by atoms with E-state index in [-0.39, 0.29) is 40.9 Å². The number of hydrogen-bond donors (Lipinski definition) is 3.